The number of carbonyl (C=O) groups excluding carboxylic acids is 2. The van der Waals surface area contributed by atoms with Crippen LogP contribution >= 0.6 is 0 Å². The molecule has 0 spiro atoms. The summed E-state index contributed by atoms with van der Waals surface area (Å²) in [6, 6.07) is 0.168. The highest BCUT2D eigenvalue weighted by Crippen LogP contribution is 2.46. The van der Waals surface area contributed by atoms with E-state index in [2.05, 4.69) is 40.8 Å². The van der Waals surface area contributed by atoms with Gasteiger partial charge in [-0.15, -0.1) is 0 Å². The predicted molar refractivity (Wildman–Crippen MR) is 119 cm³/mol. The van der Waals surface area contributed by atoms with Gasteiger partial charge < -0.3 is 14.1 Å². The zero-order valence-electron chi connectivity index (χ0n) is 20.0. The Morgan fingerprint density at radius 1 is 1.31 bits per heavy atom. The molecule has 1 aliphatic carbocycles. The second-order valence-corrected chi connectivity index (χ2v) is 15.8. The fourth-order valence-electron chi connectivity index (χ4n) is 4.74. The van der Waals surface area contributed by atoms with Crippen molar-refractivity contribution in [2.24, 2.45) is 17.3 Å². The first-order chi connectivity index (χ1) is 13.3. The lowest BCUT2D eigenvalue weighted by molar-refractivity contribution is -0.153. The largest absolute Gasteiger partial charge is 0.417 e. The molecular formula is C23H43NO4Si. The second kappa shape index (κ2) is 9.19. The van der Waals surface area contributed by atoms with E-state index in [4.69, 9.17) is 9.16 Å². The average molecular weight is 426 g/mol. The maximum Gasteiger partial charge on any atom is 0.229 e. The first-order valence-corrected chi connectivity index (χ1v) is 14.2. The van der Waals surface area contributed by atoms with E-state index in [0.29, 0.717) is 31.8 Å². The van der Waals surface area contributed by atoms with Crippen LogP contribution in [0.25, 0.3) is 0 Å². The van der Waals surface area contributed by atoms with Gasteiger partial charge in [0.15, 0.2) is 8.32 Å². The van der Waals surface area contributed by atoms with Crippen molar-refractivity contribution in [3.05, 3.63) is 0 Å². The summed E-state index contributed by atoms with van der Waals surface area (Å²) in [5.41, 5.74) is -0.500. The highest BCUT2D eigenvalue weighted by atomic mass is 28.4. The van der Waals surface area contributed by atoms with Crippen LogP contribution in [-0.2, 0) is 18.8 Å². The van der Waals surface area contributed by atoms with Crippen LogP contribution in [0.1, 0.15) is 66.7 Å². The monoisotopic (exact) mass is 425 g/mol. The highest BCUT2D eigenvalue weighted by Gasteiger charge is 2.50. The first kappa shape index (κ1) is 24.5. The third-order valence-electron chi connectivity index (χ3n) is 7.85. The molecule has 29 heavy (non-hydrogen) atoms. The van der Waals surface area contributed by atoms with E-state index < -0.39 is 13.7 Å². The van der Waals surface area contributed by atoms with Crippen LogP contribution in [0.2, 0.25) is 18.1 Å². The highest BCUT2D eigenvalue weighted by molar-refractivity contribution is 6.74. The van der Waals surface area contributed by atoms with Crippen LogP contribution in [0.4, 0.5) is 0 Å². The van der Waals surface area contributed by atoms with Crippen molar-refractivity contribution in [2.75, 3.05) is 26.9 Å². The maximum atomic E-state index is 13.7. The van der Waals surface area contributed by atoms with Gasteiger partial charge in [0.25, 0.3) is 0 Å². The molecule has 0 N–H and O–H groups in total. The van der Waals surface area contributed by atoms with Gasteiger partial charge in [-0.25, -0.2) is 0 Å². The van der Waals surface area contributed by atoms with Crippen LogP contribution in [0.3, 0.4) is 0 Å². The molecule has 0 aromatic rings. The number of nitrogens with zero attached hydrogens (tertiary/aromatic N) is 1. The molecule has 1 amide bonds. The summed E-state index contributed by atoms with van der Waals surface area (Å²) in [4.78, 5) is 28.3. The Kier molecular flexibility index (Phi) is 7.78. The molecule has 0 radical (unpaired) electrons. The number of likely N-dealkylation sites (tertiary alicyclic amines) is 1. The lowest BCUT2D eigenvalue weighted by Crippen LogP contribution is -2.53. The smallest absolute Gasteiger partial charge is 0.229 e. The molecule has 6 heteroatoms. The molecule has 1 heterocycles. The van der Waals surface area contributed by atoms with Gasteiger partial charge in [0.05, 0.1) is 18.1 Å². The Labute approximate surface area is 179 Å². The molecule has 2 aliphatic rings. The number of ketones is 1. The standard InChI is InChI=1S/C23H43NO4Si/c1-17-15-23(5,21(26)24-12-9-10-19(24)16-27-6)18(14-20(17)25)11-13-28-29(7,8)22(2,3)4/h17-19H,9-16H2,1-8H3/t17-,18-,19-,23-/m0/s1. The molecule has 1 saturated heterocycles. The number of rotatable bonds is 7. The summed E-state index contributed by atoms with van der Waals surface area (Å²) in [5, 5.41) is 0.159. The fourth-order valence-corrected chi connectivity index (χ4v) is 5.80. The molecule has 2 rings (SSSR count). The van der Waals surface area contributed by atoms with Gasteiger partial charge in [-0.2, -0.15) is 0 Å². The summed E-state index contributed by atoms with van der Waals surface area (Å²) in [6.07, 6.45) is 3.95. The molecule has 4 atom stereocenters. The molecule has 1 aliphatic heterocycles. The number of Topliss-reactive ketones (excluding diaryl/α,β-unsaturated/α-hetero) is 1. The van der Waals surface area contributed by atoms with Crippen LogP contribution < -0.4 is 0 Å². The Bertz CT molecular complexity index is 600. The van der Waals surface area contributed by atoms with Crippen molar-refractivity contribution in [2.45, 2.75) is 90.9 Å². The van der Waals surface area contributed by atoms with Gasteiger partial charge in [-0.1, -0.05) is 34.6 Å². The Hall–Kier alpha value is -0.723. The molecule has 1 saturated carbocycles. The number of ether oxygens (including phenoxy) is 1. The minimum atomic E-state index is -1.84. The molecule has 0 aromatic heterocycles. The minimum absolute atomic E-state index is 0.0484. The van der Waals surface area contributed by atoms with Crippen molar-refractivity contribution in [3.8, 4) is 0 Å². The molecule has 0 unspecified atom stereocenters. The SMILES string of the molecule is COC[C@@H]1CCCN1C(=O)[C@@]1(C)C[C@H](C)C(=O)C[C@@H]1CCO[Si](C)(C)C(C)(C)C. The lowest BCUT2D eigenvalue weighted by Gasteiger charge is -2.45. The van der Waals surface area contributed by atoms with Gasteiger partial charge in [0, 0.05) is 32.6 Å². The van der Waals surface area contributed by atoms with Crippen molar-refractivity contribution in [1.29, 1.82) is 0 Å². The van der Waals surface area contributed by atoms with Crippen molar-refractivity contribution < 1.29 is 18.8 Å². The molecule has 5 nitrogen and oxygen atoms in total. The molecular weight excluding hydrogens is 382 g/mol. The van der Waals surface area contributed by atoms with Gasteiger partial charge in [0.1, 0.15) is 5.78 Å². The van der Waals surface area contributed by atoms with E-state index in [1.54, 1.807) is 7.11 Å². The Morgan fingerprint density at radius 2 is 1.97 bits per heavy atom. The van der Waals surface area contributed by atoms with Crippen LogP contribution in [0.15, 0.2) is 0 Å². The number of hydrogen-bond acceptors (Lipinski definition) is 4. The normalized spacial score (nSPS) is 31.4. The predicted octanol–water partition coefficient (Wildman–Crippen LogP) is 4.66. The molecule has 0 bridgehead atoms. The van der Waals surface area contributed by atoms with Gasteiger partial charge in [-0.3, -0.25) is 9.59 Å². The van der Waals surface area contributed by atoms with Crippen LogP contribution in [0.5, 0.6) is 0 Å². The van der Waals surface area contributed by atoms with Crippen LogP contribution in [-0.4, -0.2) is 57.8 Å². The van der Waals surface area contributed by atoms with E-state index in [1.807, 2.05) is 11.8 Å². The number of methoxy groups -OCH3 is 1. The Morgan fingerprint density at radius 3 is 2.55 bits per heavy atom. The average Bonchev–Trinajstić information content (AvgIpc) is 3.06. The molecule has 168 valence electrons. The van der Waals surface area contributed by atoms with Gasteiger partial charge in [0.2, 0.25) is 5.91 Å². The second-order valence-electron chi connectivity index (χ2n) is 11.0. The van der Waals surface area contributed by atoms with E-state index >= 15 is 0 Å². The van der Waals surface area contributed by atoms with Gasteiger partial charge >= 0.3 is 0 Å². The summed E-state index contributed by atoms with van der Waals surface area (Å²) < 4.78 is 11.8. The van der Waals surface area contributed by atoms with Gasteiger partial charge in [-0.05, 0) is 49.7 Å². The summed E-state index contributed by atoms with van der Waals surface area (Å²) in [5.74, 6) is 0.508. The molecule has 0 aromatic carbocycles. The van der Waals surface area contributed by atoms with E-state index in [1.165, 1.54) is 0 Å². The van der Waals surface area contributed by atoms with Crippen molar-refractivity contribution in [1.82, 2.24) is 4.90 Å². The fraction of sp³-hybridized carbons (Fsp3) is 0.913. The van der Waals surface area contributed by atoms with Crippen LogP contribution in [0, 0.1) is 17.3 Å². The maximum absolute atomic E-state index is 13.7. The quantitative estimate of drug-likeness (QED) is 0.557. The number of hydrogen-bond donors (Lipinski definition) is 0. The third kappa shape index (κ3) is 5.31. The van der Waals surface area contributed by atoms with E-state index in [-0.39, 0.29) is 28.8 Å². The minimum Gasteiger partial charge on any atom is -0.417 e. The zero-order chi connectivity index (χ0) is 22.0. The van der Waals surface area contributed by atoms with Crippen molar-refractivity contribution >= 4 is 20.0 Å². The summed E-state index contributed by atoms with van der Waals surface area (Å²) in [6.45, 7) is 17.3. The first-order valence-electron chi connectivity index (χ1n) is 11.3. The summed E-state index contributed by atoms with van der Waals surface area (Å²) in [7, 11) is -0.138. The lowest BCUT2D eigenvalue weighted by atomic mass is 9.62. The third-order valence-corrected chi connectivity index (χ3v) is 12.4. The Balaban J connectivity index is 2.15. The number of carbonyl (C=O) groups is 2. The summed E-state index contributed by atoms with van der Waals surface area (Å²) >= 11 is 0. The van der Waals surface area contributed by atoms with Crippen molar-refractivity contribution in [3.63, 3.8) is 0 Å². The molecule has 2 fully saturated rings. The zero-order valence-corrected chi connectivity index (χ0v) is 21.0. The van der Waals surface area contributed by atoms with E-state index in [0.717, 1.165) is 25.8 Å². The number of amides is 1. The van der Waals surface area contributed by atoms with E-state index in [9.17, 15) is 9.59 Å². The topological polar surface area (TPSA) is 55.8 Å².